The Bertz CT molecular complexity index is 284. The number of hydrogen-bond acceptors (Lipinski definition) is 3. The van der Waals surface area contributed by atoms with Gasteiger partial charge in [0.2, 0.25) is 0 Å². The van der Waals surface area contributed by atoms with Gasteiger partial charge in [-0.1, -0.05) is 0 Å². The molecule has 2 rings (SSSR count). The van der Waals surface area contributed by atoms with Crippen LogP contribution in [-0.4, -0.2) is 17.6 Å². The molecule has 0 saturated carbocycles. The van der Waals surface area contributed by atoms with E-state index in [-0.39, 0.29) is 11.9 Å². The molecule has 1 atom stereocenters. The van der Waals surface area contributed by atoms with Crippen molar-refractivity contribution in [3.05, 3.63) is 30.1 Å². The van der Waals surface area contributed by atoms with E-state index < -0.39 is 0 Å². The first-order valence-electron chi connectivity index (χ1n) is 3.92. The van der Waals surface area contributed by atoms with Gasteiger partial charge in [0, 0.05) is 18.3 Å². The fourth-order valence-corrected chi connectivity index (χ4v) is 1.36. The van der Waals surface area contributed by atoms with Crippen molar-refractivity contribution in [1.29, 1.82) is 0 Å². The summed E-state index contributed by atoms with van der Waals surface area (Å²) < 4.78 is 4.86. The Kier molecular flexibility index (Phi) is 1.78. The SMILES string of the molecule is O=C1CC(c2ccncc2)CO1. The lowest BCUT2D eigenvalue weighted by atomic mass is 10.00. The molecule has 62 valence electrons. The van der Waals surface area contributed by atoms with Crippen molar-refractivity contribution < 1.29 is 9.53 Å². The highest BCUT2D eigenvalue weighted by atomic mass is 16.5. The Labute approximate surface area is 70.4 Å². The molecule has 0 amide bonds. The summed E-state index contributed by atoms with van der Waals surface area (Å²) in [5, 5.41) is 0. The van der Waals surface area contributed by atoms with E-state index in [4.69, 9.17) is 4.74 Å². The lowest BCUT2D eigenvalue weighted by molar-refractivity contribution is -0.137. The van der Waals surface area contributed by atoms with Crippen molar-refractivity contribution in [2.45, 2.75) is 12.3 Å². The Balaban J connectivity index is 2.16. The Morgan fingerprint density at radius 3 is 2.75 bits per heavy atom. The van der Waals surface area contributed by atoms with Gasteiger partial charge in [-0.05, 0) is 17.7 Å². The summed E-state index contributed by atoms with van der Waals surface area (Å²) >= 11 is 0. The highest BCUT2D eigenvalue weighted by molar-refractivity contribution is 5.72. The van der Waals surface area contributed by atoms with Crippen LogP contribution in [0.1, 0.15) is 17.9 Å². The molecule has 0 radical (unpaired) electrons. The van der Waals surface area contributed by atoms with Crippen LogP contribution < -0.4 is 0 Å². The van der Waals surface area contributed by atoms with Crippen molar-refractivity contribution in [2.75, 3.05) is 6.61 Å². The van der Waals surface area contributed by atoms with Crippen LogP contribution >= 0.6 is 0 Å². The van der Waals surface area contributed by atoms with Crippen molar-refractivity contribution in [3.63, 3.8) is 0 Å². The van der Waals surface area contributed by atoms with Gasteiger partial charge in [-0.15, -0.1) is 0 Å². The fraction of sp³-hybridized carbons (Fsp3) is 0.333. The summed E-state index contributed by atoms with van der Waals surface area (Å²) in [5.74, 6) is 0.136. The third-order valence-electron chi connectivity index (χ3n) is 2.04. The smallest absolute Gasteiger partial charge is 0.306 e. The lowest BCUT2D eigenvalue weighted by Crippen LogP contribution is -1.96. The maximum absolute atomic E-state index is 10.8. The van der Waals surface area contributed by atoms with Gasteiger partial charge < -0.3 is 4.74 Å². The van der Waals surface area contributed by atoms with Crippen LogP contribution in [0.4, 0.5) is 0 Å². The number of carbonyl (C=O) groups is 1. The van der Waals surface area contributed by atoms with Crippen LogP contribution in [0.25, 0.3) is 0 Å². The van der Waals surface area contributed by atoms with Crippen LogP contribution in [-0.2, 0) is 9.53 Å². The normalized spacial score (nSPS) is 22.3. The van der Waals surface area contributed by atoms with Crippen LogP contribution in [0.15, 0.2) is 24.5 Å². The van der Waals surface area contributed by atoms with Crippen LogP contribution in [0.2, 0.25) is 0 Å². The van der Waals surface area contributed by atoms with Gasteiger partial charge in [0.15, 0.2) is 0 Å². The zero-order valence-electron chi connectivity index (χ0n) is 6.56. The number of nitrogens with zero attached hydrogens (tertiary/aromatic N) is 1. The second-order valence-corrected chi connectivity index (χ2v) is 2.86. The topological polar surface area (TPSA) is 39.2 Å². The van der Waals surface area contributed by atoms with E-state index in [0.29, 0.717) is 13.0 Å². The molecule has 2 heterocycles. The molecule has 1 aromatic rings. The summed E-state index contributed by atoms with van der Waals surface area (Å²) in [7, 11) is 0. The number of ether oxygens (including phenoxy) is 1. The summed E-state index contributed by atoms with van der Waals surface area (Å²) in [4.78, 5) is 14.7. The first kappa shape index (κ1) is 7.28. The molecule has 0 spiro atoms. The standard InChI is InChI=1S/C9H9NO2/c11-9-5-8(6-12-9)7-1-3-10-4-2-7/h1-4,8H,5-6H2. The zero-order chi connectivity index (χ0) is 8.39. The number of hydrogen-bond donors (Lipinski definition) is 0. The minimum absolute atomic E-state index is 0.100. The maximum Gasteiger partial charge on any atom is 0.306 e. The van der Waals surface area contributed by atoms with E-state index >= 15 is 0 Å². The Morgan fingerprint density at radius 2 is 2.17 bits per heavy atom. The Hall–Kier alpha value is -1.38. The van der Waals surface area contributed by atoms with E-state index in [9.17, 15) is 4.79 Å². The number of aromatic nitrogens is 1. The van der Waals surface area contributed by atoms with Crippen molar-refractivity contribution in [3.8, 4) is 0 Å². The summed E-state index contributed by atoms with van der Waals surface area (Å²) in [5.41, 5.74) is 1.14. The van der Waals surface area contributed by atoms with E-state index in [1.807, 2.05) is 12.1 Å². The zero-order valence-corrected chi connectivity index (χ0v) is 6.56. The molecule has 0 bridgehead atoms. The van der Waals surface area contributed by atoms with Crippen molar-refractivity contribution >= 4 is 5.97 Å². The van der Waals surface area contributed by atoms with Crippen LogP contribution in [0.5, 0.6) is 0 Å². The van der Waals surface area contributed by atoms with Gasteiger partial charge in [0.05, 0.1) is 13.0 Å². The average molecular weight is 163 g/mol. The first-order chi connectivity index (χ1) is 5.86. The summed E-state index contributed by atoms with van der Waals surface area (Å²) in [6.07, 6.45) is 3.97. The minimum atomic E-state index is -0.100. The molecule has 0 aromatic carbocycles. The average Bonchev–Trinajstić information content (AvgIpc) is 2.54. The van der Waals surface area contributed by atoms with Crippen LogP contribution in [0, 0.1) is 0 Å². The van der Waals surface area contributed by atoms with Gasteiger partial charge in [-0.3, -0.25) is 9.78 Å². The fourth-order valence-electron chi connectivity index (χ4n) is 1.36. The van der Waals surface area contributed by atoms with E-state index in [0.717, 1.165) is 5.56 Å². The van der Waals surface area contributed by atoms with Gasteiger partial charge in [-0.2, -0.15) is 0 Å². The number of esters is 1. The monoisotopic (exact) mass is 163 g/mol. The highest BCUT2D eigenvalue weighted by Gasteiger charge is 2.24. The molecular formula is C9H9NO2. The highest BCUT2D eigenvalue weighted by Crippen LogP contribution is 2.24. The third kappa shape index (κ3) is 1.30. The Morgan fingerprint density at radius 1 is 1.42 bits per heavy atom. The lowest BCUT2D eigenvalue weighted by Gasteiger charge is -2.03. The number of carbonyl (C=O) groups excluding carboxylic acids is 1. The molecule has 12 heavy (non-hydrogen) atoms. The van der Waals surface area contributed by atoms with E-state index in [1.165, 1.54) is 0 Å². The van der Waals surface area contributed by atoms with E-state index in [2.05, 4.69) is 4.98 Å². The quantitative estimate of drug-likeness (QED) is 0.582. The molecule has 1 unspecified atom stereocenters. The largest absolute Gasteiger partial charge is 0.465 e. The molecule has 0 aliphatic carbocycles. The third-order valence-corrected chi connectivity index (χ3v) is 2.04. The van der Waals surface area contributed by atoms with Gasteiger partial charge in [-0.25, -0.2) is 0 Å². The summed E-state index contributed by atoms with van der Waals surface area (Å²) in [6.45, 7) is 0.517. The summed E-state index contributed by atoms with van der Waals surface area (Å²) in [6, 6.07) is 3.85. The molecule has 1 aliphatic rings. The van der Waals surface area contributed by atoms with Gasteiger partial charge in [0.25, 0.3) is 0 Å². The van der Waals surface area contributed by atoms with E-state index in [1.54, 1.807) is 12.4 Å². The minimum Gasteiger partial charge on any atom is -0.465 e. The second kappa shape index (κ2) is 2.93. The molecule has 1 fully saturated rings. The number of rotatable bonds is 1. The molecule has 1 aromatic heterocycles. The maximum atomic E-state index is 10.8. The van der Waals surface area contributed by atoms with Crippen LogP contribution in [0.3, 0.4) is 0 Å². The molecule has 1 saturated heterocycles. The molecule has 3 heteroatoms. The van der Waals surface area contributed by atoms with Crippen molar-refractivity contribution in [1.82, 2.24) is 4.98 Å². The van der Waals surface area contributed by atoms with Gasteiger partial charge in [0.1, 0.15) is 0 Å². The van der Waals surface area contributed by atoms with Gasteiger partial charge >= 0.3 is 5.97 Å². The first-order valence-corrected chi connectivity index (χ1v) is 3.92. The number of cyclic esters (lactones) is 1. The van der Waals surface area contributed by atoms with Crippen molar-refractivity contribution in [2.24, 2.45) is 0 Å². The predicted octanol–water partition coefficient (Wildman–Crippen LogP) is 1.11. The molecule has 1 aliphatic heterocycles. The predicted molar refractivity (Wildman–Crippen MR) is 42.6 cm³/mol. The second-order valence-electron chi connectivity index (χ2n) is 2.86. The number of pyridine rings is 1. The molecule has 3 nitrogen and oxygen atoms in total. The molecule has 0 N–H and O–H groups in total. The molecular weight excluding hydrogens is 154 g/mol.